The second kappa shape index (κ2) is 15.3. The summed E-state index contributed by atoms with van der Waals surface area (Å²) in [5.74, 6) is -2.40. The van der Waals surface area contributed by atoms with Crippen LogP contribution in [0.4, 0.5) is 10.3 Å². The minimum atomic E-state index is -1.13. The maximum absolute atomic E-state index is 12.0. The summed E-state index contributed by atoms with van der Waals surface area (Å²) in [4.78, 5) is 53.6. The number of amides is 2. The quantitative estimate of drug-likeness (QED) is 0.170. The van der Waals surface area contributed by atoms with Crippen molar-refractivity contribution in [2.45, 2.75) is 24.9 Å². The third-order valence-corrected chi connectivity index (χ3v) is 6.87. The Kier molecular flexibility index (Phi) is 11.6. The highest BCUT2D eigenvalue weighted by Crippen LogP contribution is 2.17. The first kappa shape index (κ1) is 31.0. The van der Waals surface area contributed by atoms with Gasteiger partial charge in [0.25, 0.3) is 0 Å². The zero-order valence-electron chi connectivity index (χ0n) is 21.9. The first-order valence-electron chi connectivity index (χ1n) is 12.1. The van der Waals surface area contributed by atoms with Crippen LogP contribution in [0.25, 0.3) is 0 Å². The summed E-state index contributed by atoms with van der Waals surface area (Å²) < 4.78 is 4.55. The molecule has 214 valence electrons. The highest BCUT2D eigenvalue weighted by molar-refractivity contribution is 7.14. The number of nitrogens with one attached hydrogen (secondary N) is 2. The van der Waals surface area contributed by atoms with Gasteiger partial charge >= 0.3 is 11.9 Å². The number of aromatic nitrogens is 2. The SMILES string of the molecule is COC(=O)c1csc(NC(=O)[C@H](N)Cc2ccccc2)n1.N[C@@H](Cc1ccccc1)C(=O)Nc1nc(C(=O)O)cs1. The van der Waals surface area contributed by atoms with Gasteiger partial charge in [-0.3, -0.25) is 9.59 Å². The topological polar surface area (TPSA) is 200 Å². The van der Waals surface area contributed by atoms with Gasteiger partial charge in [-0.15, -0.1) is 22.7 Å². The minimum Gasteiger partial charge on any atom is -0.476 e. The molecule has 4 aromatic rings. The van der Waals surface area contributed by atoms with Crippen molar-refractivity contribution in [3.8, 4) is 0 Å². The number of esters is 1. The zero-order valence-corrected chi connectivity index (χ0v) is 23.5. The molecule has 14 heteroatoms. The molecular weight excluding hydrogens is 568 g/mol. The van der Waals surface area contributed by atoms with Gasteiger partial charge in [-0.2, -0.15) is 0 Å². The average molecular weight is 597 g/mol. The molecule has 7 N–H and O–H groups in total. The van der Waals surface area contributed by atoms with Crippen molar-refractivity contribution >= 4 is 56.7 Å². The van der Waals surface area contributed by atoms with Crippen molar-refractivity contribution in [3.63, 3.8) is 0 Å². The van der Waals surface area contributed by atoms with Crippen LogP contribution in [0.3, 0.4) is 0 Å². The number of aromatic carboxylic acids is 1. The molecule has 0 aliphatic heterocycles. The highest BCUT2D eigenvalue weighted by Gasteiger charge is 2.18. The number of nitrogens with two attached hydrogens (primary N) is 2. The maximum atomic E-state index is 12.0. The third kappa shape index (κ3) is 9.88. The Hall–Kier alpha value is -4.50. The molecule has 0 bridgehead atoms. The van der Waals surface area contributed by atoms with Crippen LogP contribution in [0, 0.1) is 0 Å². The lowest BCUT2D eigenvalue weighted by atomic mass is 10.1. The van der Waals surface area contributed by atoms with Gasteiger partial charge in [0.05, 0.1) is 19.2 Å². The number of anilines is 2. The Morgan fingerprint density at radius 3 is 1.59 bits per heavy atom. The van der Waals surface area contributed by atoms with Gasteiger partial charge in [0.15, 0.2) is 21.7 Å². The summed E-state index contributed by atoms with van der Waals surface area (Å²) in [6, 6.07) is 17.5. The fraction of sp³-hybridized carbons (Fsp3) is 0.185. The molecule has 2 atom stereocenters. The summed E-state index contributed by atoms with van der Waals surface area (Å²) in [6.45, 7) is 0. The minimum absolute atomic E-state index is 0.0954. The fourth-order valence-electron chi connectivity index (χ4n) is 3.28. The Morgan fingerprint density at radius 1 is 0.780 bits per heavy atom. The molecule has 0 spiro atoms. The van der Waals surface area contributed by atoms with Crippen LogP contribution in [0.2, 0.25) is 0 Å². The van der Waals surface area contributed by atoms with E-state index >= 15 is 0 Å². The van der Waals surface area contributed by atoms with E-state index in [1.165, 1.54) is 17.9 Å². The Morgan fingerprint density at radius 2 is 1.20 bits per heavy atom. The van der Waals surface area contributed by atoms with E-state index in [0.29, 0.717) is 18.0 Å². The molecule has 0 saturated carbocycles. The lowest BCUT2D eigenvalue weighted by Crippen LogP contribution is -2.37. The number of methoxy groups -OCH3 is 1. The van der Waals surface area contributed by atoms with Crippen molar-refractivity contribution in [3.05, 3.63) is 93.9 Å². The highest BCUT2D eigenvalue weighted by atomic mass is 32.1. The maximum Gasteiger partial charge on any atom is 0.357 e. The van der Waals surface area contributed by atoms with Gasteiger partial charge in [-0.1, -0.05) is 60.7 Å². The predicted molar refractivity (Wildman–Crippen MR) is 156 cm³/mol. The van der Waals surface area contributed by atoms with Crippen LogP contribution in [0.1, 0.15) is 32.1 Å². The number of ether oxygens (including phenoxy) is 1. The second-order valence-electron chi connectivity index (χ2n) is 8.44. The van der Waals surface area contributed by atoms with Crippen molar-refractivity contribution < 1.29 is 29.0 Å². The Labute approximate surface area is 243 Å². The molecule has 0 saturated heterocycles. The van der Waals surface area contributed by atoms with Crippen LogP contribution in [-0.2, 0) is 27.2 Å². The normalized spacial score (nSPS) is 11.8. The number of hydrogen-bond acceptors (Lipinski definition) is 11. The number of carbonyl (C=O) groups excluding carboxylic acids is 3. The molecule has 0 radical (unpaired) electrons. The summed E-state index contributed by atoms with van der Waals surface area (Å²) in [5.41, 5.74) is 13.7. The van der Waals surface area contributed by atoms with E-state index < -0.39 is 24.0 Å². The van der Waals surface area contributed by atoms with E-state index in [4.69, 9.17) is 16.6 Å². The summed E-state index contributed by atoms with van der Waals surface area (Å²) in [7, 11) is 1.27. The van der Waals surface area contributed by atoms with E-state index in [1.54, 1.807) is 0 Å². The van der Waals surface area contributed by atoms with Crippen molar-refractivity contribution in [2.24, 2.45) is 11.5 Å². The molecule has 0 aliphatic rings. The fourth-order valence-corrected chi connectivity index (χ4v) is 4.65. The number of rotatable bonds is 10. The van der Waals surface area contributed by atoms with Crippen LogP contribution in [0.15, 0.2) is 71.4 Å². The molecule has 2 amide bonds. The van der Waals surface area contributed by atoms with Crippen LogP contribution in [0.5, 0.6) is 0 Å². The number of nitrogens with zero attached hydrogens (tertiary/aromatic N) is 2. The van der Waals surface area contributed by atoms with E-state index in [9.17, 15) is 19.2 Å². The monoisotopic (exact) mass is 596 g/mol. The molecule has 12 nitrogen and oxygen atoms in total. The molecule has 0 unspecified atom stereocenters. The second-order valence-corrected chi connectivity index (χ2v) is 10.2. The third-order valence-electron chi connectivity index (χ3n) is 5.35. The van der Waals surface area contributed by atoms with Gasteiger partial charge in [-0.05, 0) is 24.0 Å². The van der Waals surface area contributed by atoms with Gasteiger partial charge in [0.2, 0.25) is 11.8 Å². The molecular formula is C27H28N6O6S2. The molecule has 2 aromatic carbocycles. The van der Waals surface area contributed by atoms with E-state index in [1.807, 2.05) is 60.7 Å². The summed E-state index contributed by atoms with van der Waals surface area (Å²) >= 11 is 2.20. The first-order valence-corrected chi connectivity index (χ1v) is 13.9. The number of carbonyl (C=O) groups is 4. The van der Waals surface area contributed by atoms with Gasteiger partial charge in [-0.25, -0.2) is 19.6 Å². The number of carboxylic acids is 1. The van der Waals surface area contributed by atoms with E-state index in [-0.39, 0.29) is 28.3 Å². The summed E-state index contributed by atoms with van der Waals surface area (Å²) in [5, 5.41) is 17.3. The smallest absolute Gasteiger partial charge is 0.357 e. The van der Waals surface area contributed by atoms with Crippen molar-refractivity contribution in [1.29, 1.82) is 0 Å². The first-order chi connectivity index (χ1) is 19.7. The molecule has 2 aromatic heterocycles. The van der Waals surface area contributed by atoms with Crippen LogP contribution < -0.4 is 22.1 Å². The number of carboxylic acid groups (broad SMARTS) is 1. The van der Waals surface area contributed by atoms with Crippen molar-refractivity contribution in [2.75, 3.05) is 17.7 Å². The van der Waals surface area contributed by atoms with Crippen LogP contribution in [-0.4, -0.2) is 58.0 Å². The summed E-state index contributed by atoms with van der Waals surface area (Å²) in [6.07, 6.45) is 0.839. The van der Waals surface area contributed by atoms with Gasteiger partial charge in [0.1, 0.15) is 0 Å². The van der Waals surface area contributed by atoms with Crippen LogP contribution >= 0.6 is 22.7 Å². The Bertz CT molecular complexity index is 1460. The number of thiazole rings is 2. The largest absolute Gasteiger partial charge is 0.476 e. The average Bonchev–Trinajstić information content (AvgIpc) is 3.64. The molecule has 4 rings (SSSR count). The predicted octanol–water partition coefficient (Wildman–Crippen LogP) is 2.79. The zero-order chi connectivity index (χ0) is 29.8. The Balaban J connectivity index is 0.000000226. The standard InChI is InChI=1S/C14H15N3O3S.C13H13N3O3S/c1-20-13(19)11-8-21-14(16-11)17-12(18)10(15)7-9-5-3-2-4-6-9;14-9(6-8-4-2-1-3-5-8)11(17)16-13-15-10(7-20-13)12(18)19/h2-6,8,10H,7,15H2,1H3,(H,16,17,18);1-5,7,9H,6,14H2,(H,18,19)(H,15,16,17)/t10-;9-/m10/s1. The lowest BCUT2D eigenvalue weighted by Gasteiger charge is -2.10. The molecule has 0 aliphatic carbocycles. The van der Waals surface area contributed by atoms with E-state index in [0.717, 1.165) is 33.8 Å². The molecule has 41 heavy (non-hydrogen) atoms. The molecule has 2 heterocycles. The van der Waals surface area contributed by atoms with Crippen molar-refractivity contribution in [1.82, 2.24) is 9.97 Å². The number of benzene rings is 2. The van der Waals surface area contributed by atoms with E-state index in [2.05, 4.69) is 25.3 Å². The molecule has 0 fully saturated rings. The lowest BCUT2D eigenvalue weighted by molar-refractivity contribution is -0.118. The van der Waals surface area contributed by atoms with Gasteiger partial charge < -0.3 is 31.9 Å². The van der Waals surface area contributed by atoms with Gasteiger partial charge in [0, 0.05) is 10.8 Å². The number of hydrogen-bond donors (Lipinski definition) is 5.